The van der Waals surface area contributed by atoms with Crippen molar-refractivity contribution in [3.8, 4) is 0 Å². The van der Waals surface area contributed by atoms with Gasteiger partial charge in [0.15, 0.2) is 0 Å². The number of hydrogen-bond acceptors (Lipinski definition) is 3. The van der Waals surface area contributed by atoms with Crippen molar-refractivity contribution >= 4 is 35.6 Å². The number of carbonyl (C=O) groups is 2. The summed E-state index contributed by atoms with van der Waals surface area (Å²) in [6, 6.07) is 10.7. The molecule has 1 unspecified atom stereocenters. The summed E-state index contributed by atoms with van der Waals surface area (Å²) in [6.07, 6.45) is -2.76. The number of hydrogen-bond donors (Lipinski definition) is 3. The first kappa shape index (κ1) is 22.7. The molecule has 0 aromatic heterocycles. The molecular weight excluding hydrogens is 407 g/mol. The first-order chi connectivity index (χ1) is 13.3. The summed E-state index contributed by atoms with van der Waals surface area (Å²) in [4.78, 5) is 24.7. The highest BCUT2D eigenvalue weighted by Gasteiger charge is 2.30. The first-order valence-corrected chi connectivity index (χ1v) is 8.93. The van der Waals surface area contributed by atoms with Crippen LogP contribution in [-0.4, -0.2) is 24.9 Å². The number of benzene rings is 2. The lowest BCUT2D eigenvalue weighted by molar-refractivity contribution is -0.137. The van der Waals surface area contributed by atoms with Crippen molar-refractivity contribution < 1.29 is 22.8 Å². The molecule has 29 heavy (non-hydrogen) atoms. The summed E-state index contributed by atoms with van der Waals surface area (Å²) in [5, 5.41) is 8.41. The molecule has 1 saturated heterocycles. The Kier molecular flexibility index (Phi) is 7.64. The third-order valence-corrected chi connectivity index (χ3v) is 4.51. The van der Waals surface area contributed by atoms with Crippen LogP contribution >= 0.6 is 12.4 Å². The quantitative estimate of drug-likeness (QED) is 0.680. The van der Waals surface area contributed by atoms with E-state index < -0.39 is 17.6 Å². The van der Waals surface area contributed by atoms with E-state index in [4.69, 9.17) is 0 Å². The van der Waals surface area contributed by atoms with Crippen LogP contribution in [0.4, 0.5) is 24.5 Å². The molecule has 2 aromatic rings. The summed E-state index contributed by atoms with van der Waals surface area (Å²) < 4.78 is 38.4. The monoisotopic (exact) mass is 427 g/mol. The first-order valence-electron chi connectivity index (χ1n) is 8.93. The van der Waals surface area contributed by atoms with E-state index in [-0.39, 0.29) is 35.5 Å². The molecule has 3 rings (SSSR count). The second-order valence-electron chi connectivity index (χ2n) is 6.65. The van der Waals surface area contributed by atoms with E-state index in [9.17, 15) is 22.8 Å². The standard InChI is InChI=1S/C20H20F3N3O2.ClH/c21-20(22,23)15-6-2-8-17(11-15)26-18(27)13-4-1-7-16(10-13)25-19(28)14-5-3-9-24-12-14;/h1-2,4,6-8,10-11,14,24H,3,5,9,12H2,(H,25,28)(H,26,27);1H. The van der Waals surface area contributed by atoms with E-state index in [1.165, 1.54) is 24.3 Å². The Hall–Kier alpha value is -2.58. The molecular formula is C20H21ClF3N3O2. The zero-order valence-corrected chi connectivity index (χ0v) is 16.2. The smallest absolute Gasteiger partial charge is 0.326 e. The zero-order valence-electron chi connectivity index (χ0n) is 15.4. The van der Waals surface area contributed by atoms with Crippen LogP contribution in [0.3, 0.4) is 0 Å². The van der Waals surface area contributed by atoms with Gasteiger partial charge in [-0.3, -0.25) is 9.59 Å². The van der Waals surface area contributed by atoms with Gasteiger partial charge in [-0.25, -0.2) is 0 Å². The SMILES string of the molecule is Cl.O=C(Nc1cccc(C(F)(F)F)c1)c1cccc(NC(=O)C2CCCNC2)c1. The second-order valence-corrected chi connectivity index (χ2v) is 6.65. The van der Waals surface area contributed by atoms with Gasteiger partial charge in [-0.05, 0) is 55.8 Å². The topological polar surface area (TPSA) is 70.2 Å². The molecule has 2 aromatic carbocycles. The number of piperidine rings is 1. The van der Waals surface area contributed by atoms with Crippen LogP contribution in [-0.2, 0) is 11.0 Å². The Balaban J connectivity index is 0.00000300. The Bertz CT molecular complexity index is 868. The molecule has 0 spiro atoms. The maximum absolute atomic E-state index is 12.8. The lowest BCUT2D eigenvalue weighted by Gasteiger charge is -2.22. The summed E-state index contributed by atoms with van der Waals surface area (Å²) >= 11 is 0. The number of halogens is 4. The normalized spacial score (nSPS) is 16.4. The average molecular weight is 428 g/mol. The molecule has 1 fully saturated rings. The summed E-state index contributed by atoms with van der Waals surface area (Å²) in [7, 11) is 0. The fourth-order valence-electron chi connectivity index (χ4n) is 3.03. The Morgan fingerprint density at radius 3 is 2.34 bits per heavy atom. The predicted octanol–water partition coefficient (Wildman–Crippen LogP) is 4.32. The van der Waals surface area contributed by atoms with Gasteiger partial charge >= 0.3 is 6.18 Å². The van der Waals surface area contributed by atoms with E-state index in [0.717, 1.165) is 31.5 Å². The van der Waals surface area contributed by atoms with Crippen LogP contribution in [0.15, 0.2) is 48.5 Å². The van der Waals surface area contributed by atoms with Gasteiger partial charge in [0.05, 0.1) is 11.5 Å². The summed E-state index contributed by atoms with van der Waals surface area (Å²) in [6.45, 7) is 1.51. The third kappa shape index (κ3) is 6.20. The molecule has 0 saturated carbocycles. The molecule has 156 valence electrons. The van der Waals surface area contributed by atoms with Crippen LogP contribution in [0, 0.1) is 5.92 Å². The number of alkyl halides is 3. The summed E-state index contributed by atoms with van der Waals surface area (Å²) in [5.74, 6) is -0.811. The van der Waals surface area contributed by atoms with Crippen molar-refractivity contribution in [1.82, 2.24) is 5.32 Å². The largest absolute Gasteiger partial charge is 0.416 e. The van der Waals surface area contributed by atoms with Crippen molar-refractivity contribution in [3.05, 3.63) is 59.7 Å². The number of amides is 2. The van der Waals surface area contributed by atoms with E-state index in [2.05, 4.69) is 16.0 Å². The molecule has 1 aliphatic rings. The van der Waals surface area contributed by atoms with Crippen LogP contribution in [0.25, 0.3) is 0 Å². The number of rotatable bonds is 4. The van der Waals surface area contributed by atoms with Gasteiger partial charge in [0.1, 0.15) is 0 Å². The maximum Gasteiger partial charge on any atom is 0.416 e. The summed E-state index contributed by atoms with van der Waals surface area (Å²) in [5.41, 5.74) is -0.0980. The maximum atomic E-state index is 12.8. The number of nitrogens with one attached hydrogen (secondary N) is 3. The Morgan fingerprint density at radius 2 is 1.69 bits per heavy atom. The highest BCUT2D eigenvalue weighted by atomic mass is 35.5. The van der Waals surface area contributed by atoms with Crippen LogP contribution in [0.2, 0.25) is 0 Å². The van der Waals surface area contributed by atoms with E-state index in [0.29, 0.717) is 12.2 Å². The average Bonchev–Trinajstić information content (AvgIpc) is 2.68. The molecule has 5 nitrogen and oxygen atoms in total. The van der Waals surface area contributed by atoms with E-state index in [1.54, 1.807) is 12.1 Å². The van der Waals surface area contributed by atoms with Crippen LogP contribution in [0.1, 0.15) is 28.8 Å². The van der Waals surface area contributed by atoms with Crippen molar-refractivity contribution in [2.75, 3.05) is 23.7 Å². The Labute approximate surface area is 172 Å². The lowest BCUT2D eigenvalue weighted by Crippen LogP contribution is -2.37. The molecule has 0 bridgehead atoms. The van der Waals surface area contributed by atoms with Crippen LogP contribution < -0.4 is 16.0 Å². The van der Waals surface area contributed by atoms with Crippen molar-refractivity contribution in [3.63, 3.8) is 0 Å². The van der Waals surface area contributed by atoms with Gasteiger partial charge in [-0.1, -0.05) is 12.1 Å². The number of anilines is 2. The van der Waals surface area contributed by atoms with Crippen LogP contribution in [0.5, 0.6) is 0 Å². The van der Waals surface area contributed by atoms with Gasteiger partial charge in [-0.15, -0.1) is 12.4 Å². The minimum atomic E-state index is -4.49. The van der Waals surface area contributed by atoms with E-state index >= 15 is 0 Å². The van der Waals surface area contributed by atoms with Gasteiger partial charge < -0.3 is 16.0 Å². The fourth-order valence-corrected chi connectivity index (χ4v) is 3.03. The Morgan fingerprint density at radius 1 is 1.00 bits per heavy atom. The molecule has 0 radical (unpaired) electrons. The number of carbonyl (C=O) groups excluding carboxylic acids is 2. The van der Waals surface area contributed by atoms with E-state index in [1.807, 2.05) is 0 Å². The second kappa shape index (κ2) is 9.76. The van der Waals surface area contributed by atoms with Gasteiger partial charge in [0.2, 0.25) is 5.91 Å². The molecule has 0 aliphatic carbocycles. The molecule has 1 heterocycles. The van der Waals surface area contributed by atoms with Crippen molar-refractivity contribution in [2.45, 2.75) is 19.0 Å². The van der Waals surface area contributed by atoms with Crippen molar-refractivity contribution in [1.29, 1.82) is 0 Å². The zero-order chi connectivity index (χ0) is 20.1. The predicted molar refractivity (Wildman–Crippen MR) is 107 cm³/mol. The minimum absolute atomic E-state index is 0. The van der Waals surface area contributed by atoms with Gasteiger partial charge in [0, 0.05) is 23.5 Å². The minimum Gasteiger partial charge on any atom is -0.326 e. The van der Waals surface area contributed by atoms with Gasteiger partial charge in [-0.2, -0.15) is 13.2 Å². The molecule has 1 atom stereocenters. The molecule has 3 N–H and O–H groups in total. The molecule has 1 aliphatic heterocycles. The van der Waals surface area contributed by atoms with Crippen molar-refractivity contribution in [2.24, 2.45) is 5.92 Å². The lowest BCUT2D eigenvalue weighted by atomic mass is 9.98. The highest BCUT2D eigenvalue weighted by molar-refractivity contribution is 6.05. The fraction of sp³-hybridized carbons (Fsp3) is 0.300. The molecule has 9 heteroatoms. The molecule has 2 amide bonds. The van der Waals surface area contributed by atoms with Gasteiger partial charge in [0.25, 0.3) is 5.91 Å². The highest BCUT2D eigenvalue weighted by Crippen LogP contribution is 2.30. The third-order valence-electron chi connectivity index (χ3n) is 4.51.